The van der Waals surface area contributed by atoms with Crippen LogP contribution in [0.25, 0.3) is 10.9 Å². The van der Waals surface area contributed by atoms with Crippen LogP contribution < -0.4 is 0 Å². The van der Waals surface area contributed by atoms with Gasteiger partial charge in [0, 0.05) is 16.6 Å². The summed E-state index contributed by atoms with van der Waals surface area (Å²) in [5.41, 5.74) is 0.339. The lowest BCUT2D eigenvalue weighted by atomic mass is 9.80. The van der Waals surface area contributed by atoms with Crippen molar-refractivity contribution in [2.75, 3.05) is 12.4 Å². The van der Waals surface area contributed by atoms with E-state index in [0.29, 0.717) is 22.2 Å². The maximum Gasteiger partial charge on any atom is 0.266 e. The highest BCUT2D eigenvalue weighted by molar-refractivity contribution is 7.85. The number of hydrogen-bond acceptors (Lipinski definition) is 4. The number of rotatable bonds is 5. The summed E-state index contributed by atoms with van der Waals surface area (Å²) >= 11 is 0. The van der Waals surface area contributed by atoms with Crippen LogP contribution in [0.2, 0.25) is 0 Å². The Morgan fingerprint density at radius 3 is 2.38 bits per heavy atom. The summed E-state index contributed by atoms with van der Waals surface area (Å²) in [5, 5.41) is 20.4. The highest BCUT2D eigenvalue weighted by Crippen LogP contribution is 2.35. The van der Waals surface area contributed by atoms with Crippen molar-refractivity contribution >= 4 is 21.0 Å². The number of aromatic hydroxyl groups is 1. The Morgan fingerprint density at radius 1 is 1.04 bits per heavy atom. The van der Waals surface area contributed by atoms with Gasteiger partial charge in [-0.25, -0.2) is 0 Å². The van der Waals surface area contributed by atoms with Gasteiger partial charge in [-0.05, 0) is 29.8 Å². The standard InChI is InChI=1S/C17H17NO5S/c19-10-17(11-24(21,22)23,13-4-2-1-3-5-13)16-9-12-8-14(20)6-7-15(12)18-16/h1-9,18-20H,10-11H2,(H,21,22,23). The maximum absolute atomic E-state index is 11.6. The fourth-order valence-corrected chi connectivity index (χ4v) is 4.02. The number of fused-ring (bicyclic) bond motifs is 1. The molecule has 0 spiro atoms. The highest BCUT2D eigenvalue weighted by atomic mass is 32.2. The van der Waals surface area contributed by atoms with Crippen LogP contribution in [0.1, 0.15) is 11.3 Å². The van der Waals surface area contributed by atoms with E-state index in [1.165, 1.54) is 12.1 Å². The summed E-state index contributed by atoms with van der Waals surface area (Å²) in [5.74, 6) is -0.587. The van der Waals surface area contributed by atoms with Gasteiger partial charge in [-0.3, -0.25) is 4.55 Å². The van der Waals surface area contributed by atoms with E-state index in [0.717, 1.165) is 0 Å². The molecule has 4 N–H and O–H groups in total. The van der Waals surface area contributed by atoms with Gasteiger partial charge in [-0.2, -0.15) is 8.42 Å². The third kappa shape index (κ3) is 3.01. The number of phenols is 1. The van der Waals surface area contributed by atoms with E-state index in [2.05, 4.69) is 4.98 Å². The summed E-state index contributed by atoms with van der Waals surface area (Å²) in [6.45, 7) is -0.518. The van der Waals surface area contributed by atoms with E-state index in [1.807, 2.05) is 0 Å². The summed E-state index contributed by atoms with van der Waals surface area (Å²) in [7, 11) is -4.37. The average molecular weight is 347 g/mol. The van der Waals surface area contributed by atoms with Crippen LogP contribution in [0, 0.1) is 0 Å². The smallest absolute Gasteiger partial charge is 0.266 e. The highest BCUT2D eigenvalue weighted by Gasteiger charge is 2.39. The number of aromatic nitrogens is 1. The Kier molecular flexibility index (Phi) is 4.08. The van der Waals surface area contributed by atoms with Crippen LogP contribution in [-0.2, 0) is 15.5 Å². The van der Waals surface area contributed by atoms with E-state index in [4.69, 9.17) is 0 Å². The molecular weight excluding hydrogens is 330 g/mol. The molecule has 0 aliphatic rings. The number of nitrogens with one attached hydrogen (secondary N) is 1. The van der Waals surface area contributed by atoms with Crippen LogP contribution >= 0.6 is 0 Å². The second-order valence-electron chi connectivity index (χ2n) is 5.79. The van der Waals surface area contributed by atoms with E-state index < -0.39 is 27.9 Å². The largest absolute Gasteiger partial charge is 0.508 e. The molecule has 3 aromatic rings. The number of hydrogen-bond donors (Lipinski definition) is 4. The number of phenolic OH excluding ortho intramolecular Hbond substituents is 1. The van der Waals surface area contributed by atoms with E-state index in [9.17, 15) is 23.2 Å². The fraction of sp³-hybridized carbons (Fsp3) is 0.176. The van der Waals surface area contributed by atoms with Gasteiger partial charge >= 0.3 is 0 Å². The topological polar surface area (TPSA) is 111 Å². The molecule has 0 aliphatic heterocycles. The molecule has 0 aliphatic carbocycles. The second-order valence-corrected chi connectivity index (χ2v) is 7.24. The van der Waals surface area contributed by atoms with Crippen LogP contribution in [0.3, 0.4) is 0 Å². The van der Waals surface area contributed by atoms with E-state index >= 15 is 0 Å². The quantitative estimate of drug-likeness (QED) is 0.528. The number of aliphatic hydroxyl groups excluding tert-OH is 1. The van der Waals surface area contributed by atoms with Gasteiger partial charge in [-0.15, -0.1) is 0 Å². The molecule has 6 nitrogen and oxygen atoms in total. The second kappa shape index (κ2) is 5.94. The molecule has 1 atom stereocenters. The first-order chi connectivity index (χ1) is 11.3. The molecule has 3 rings (SSSR count). The van der Waals surface area contributed by atoms with Crippen LogP contribution in [0.4, 0.5) is 0 Å². The fourth-order valence-electron chi connectivity index (χ4n) is 2.99. The number of aliphatic hydroxyl groups is 1. The van der Waals surface area contributed by atoms with Crippen molar-refractivity contribution in [1.82, 2.24) is 4.98 Å². The van der Waals surface area contributed by atoms with Gasteiger partial charge in [0.05, 0.1) is 17.8 Å². The molecule has 0 bridgehead atoms. The zero-order valence-corrected chi connectivity index (χ0v) is 13.5. The monoisotopic (exact) mass is 347 g/mol. The molecule has 0 saturated heterocycles. The van der Waals surface area contributed by atoms with Crippen molar-refractivity contribution < 1.29 is 23.2 Å². The number of aromatic amines is 1. The van der Waals surface area contributed by atoms with Crippen LogP contribution in [0.15, 0.2) is 54.6 Å². The average Bonchev–Trinajstić information content (AvgIpc) is 2.96. The van der Waals surface area contributed by atoms with Crippen molar-refractivity contribution in [2.45, 2.75) is 5.41 Å². The molecule has 24 heavy (non-hydrogen) atoms. The summed E-state index contributed by atoms with van der Waals surface area (Å²) in [4.78, 5) is 3.09. The van der Waals surface area contributed by atoms with Crippen molar-refractivity contribution in [3.63, 3.8) is 0 Å². The lowest BCUT2D eigenvalue weighted by Crippen LogP contribution is -2.39. The summed E-state index contributed by atoms with van der Waals surface area (Å²) < 4.78 is 32.7. The Morgan fingerprint density at radius 2 is 1.75 bits per heavy atom. The zero-order chi connectivity index (χ0) is 17.4. The van der Waals surface area contributed by atoms with Crippen molar-refractivity contribution in [2.24, 2.45) is 0 Å². The zero-order valence-electron chi connectivity index (χ0n) is 12.7. The minimum absolute atomic E-state index is 0.0807. The molecule has 1 aromatic heterocycles. The van der Waals surface area contributed by atoms with Crippen LogP contribution in [0.5, 0.6) is 5.75 Å². The minimum atomic E-state index is -4.37. The summed E-state index contributed by atoms with van der Waals surface area (Å²) in [6, 6.07) is 15.0. The van der Waals surface area contributed by atoms with Gasteiger partial charge in [0.1, 0.15) is 5.75 Å². The Bertz CT molecular complexity index is 965. The summed E-state index contributed by atoms with van der Waals surface area (Å²) in [6.07, 6.45) is 0. The van der Waals surface area contributed by atoms with Crippen molar-refractivity contribution in [1.29, 1.82) is 0 Å². The predicted octanol–water partition coefficient (Wildman–Crippen LogP) is 2.04. The Labute approximate surface area is 139 Å². The van der Waals surface area contributed by atoms with Crippen LogP contribution in [-0.4, -0.2) is 40.5 Å². The molecule has 0 saturated carbocycles. The van der Waals surface area contributed by atoms with Crippen molar-refractivity contribution in [3.8, 4) is 5.75 Å². The first kappa shape index (κ1) is 16.5. The first-order valence-corrected chi connectivity index (χ1v) is 8.89. The van der Waals surface area contributed by atoms with E-state index in [-0.39, 0.29) is 5.75 Å². The van der Waals surface area contributed by atoms with E-state index in [1.54, 1.807) is 42.5 Å². The molecule has 7 heteroatoms. The van der Waals surface area contributed by atoms with Gasteiger partial charge in [0.2, 0.25) is 0 Å². The molecule has 2 aromatic carbocycles. The predicted molar refractivity (Wildman–Crippen MR) is 90.7 cm³/mol. The third-order valence-electron chi connectivity index (χ3n) is 4.14. The molecule has 0 amide bonds. The van der Waals surface area contributed by atoms with Gasteiger partial charge in [0.25, 0.3) is 10.1 Å². The molecule has 126 valence electrons. The maximum atomic E-state index is 11.6. The minimum Gasteiger partial charge on any atom is -0.508 e. The normalized spacial score (nSPS) is 14.6. The Balaban J connectivity index is 2.26. The molecule has 1 heterocycles. The Hall–Kier alpha value is -2.35. The third-order valence-corrected chi connectivity index (χ3v) is 5.00. The van der Waals surface area contributed by atoms with Gasteiger partial charge < -0.3 is 15.2 Å². The number of benzene rings is 2. The van der Waals surface area contributed by atoms with Crippen molar-refractivity contribution in [3.05, 3.63) is 65.9 Å². The molecule has 0 radical (unpaired) electrons. The molecular formula is C17H17NO5S. The molecule has 1 unspecified atom stereocenters. The SMILES string of the molecule is O=S(=O)(O)CC(CO)(c1ccccc1)c1cc2cc(O)ccc2[nH]1. The molecule has 0 fully saturated rings. The lowest BCUT2D eigenvalue weighted by molar-refractivity contribution is 0.228. The van der Waals surface area contributed by atoms with Gasteiger partial charge in [0.15, 0.2) is 0 Å². The number of H-pyrrole nitrogens is 1. The van der Waals surface area contributed by atoms with Gasteiger partial charge in [-0.1, -0.05) is 30.3 Å². The first-order valence-electron chi connectivity index (χ1n) is 7.28. The lowest BCUT2D eigenvalue weighted by Gasteiger charge is -2.30.